The van der Waals surface area contributed by atoms with E-state index >= 15 is 0 Å². The topological polar surface area (TPSA) is 58.1 Å². The monoisotopic (exact) mass is 298 g/mol. The quantitative estimate of drug-likeness (QED) is 0.798. The van der Waals surface area contributed by atoms with E-state index in [9.17, 15) is 4.79 Å². The number of hydrogen-bond acceptors (Lipinski definition) is 4. The van der Waals surface area contributed by atoms with Gasteiger partial charge in [0.1, 0.15) is 17.8 Å². The summed E-state index contributed by atoms with van der Waals surface area (Å²) in [5.41, 5.74) is 1.40. The molecule has 0 atom stereocenters. The molecule has 0 bridgehead atoms. The standard InChI is InChI=1S/C17H22N4O/c1-3-4-8-11-18-17(22)15-12-16(20-13-19-15)21(2)14-9-6-5-7-10-14/h5-7,9-10,12-13H,3-4,8,11H2,1-2H3,(H,18,22). The van der Waals surface area contributed by atoms with E-state index in [0.29, 0.717) is 18.1 Å². The molecule has 1 aromatic carbocycles. The largest absolute Gasteiger partial charge is 0.351 e. The molecule has 0 aliphatic carbocycles. The summed E-state index contributed by atoms with van der Waals surface area (Å²) in [5.74, 6) is 0.543. The number of anilines is 2. The van der Waals surface area contributed by atoms with Crippen LogP contribution in [0.1, 0.15) is 36.7 Å². The van der Waals surface area contributed by atoms with Crippen molar-refractivity contribution in [2.75, 3.05) is 18.5 Å². The van der Waals surface area contributed by atoms with Gasteiger partial charge >= 0.3 is 0 Å². The Bertz CT molecular complexity index is 601. The van der Waals surface area contributed by atoms with E-state index in [1.54, 1.807) is 6.07 Å². The van der Waals surface area contributed by atoms with Crippen molar-refractivity contribution in [2.24, 2.45) is 0 Å². The summed E-state index contributed by atoms with van der Waals surface area (Å²) in [7, 11) is 1.92. The van der Waals surface area contributed by atoms with Crippen LogP contribution in [0.2, 0.25) is 0 Å². The molecule has 0 radical (unpaired) electrons. The van der Waals surface area contributed by atoms with Crippen LogP contribution in [0.4, 0.5) is 11.5 Å². The van der Waals surface area contributed by atoms with E-state index in [2.05, 4.69) is 22.2 Å². The molecule has 0 aliphatic heterocycles. The van der Waals surface area contributed by atoms with E-state index in [4.69, 9.17) is 0 Å². The summed E-state index contributed by atoms with van der Waals surface area (Å²) in [5, 5.41) is 2.89. The van der Waals surface area contributed by atoms with Gasteiger partial charge in [0, 0.05) is 25.3 Å². The number of rotatable bonds is 7. The van der Waals surface area contributed by atoms with Gasteiger partial charge < -0.3 is 10.2 Å². The fourth-order valence-corrected chi connectivity index (χ4v) is 2.11. The van der Waals surface area contributed by atoms with Gasteiger partial charge in [0.25, 0.3) is 5.91 Å². The van der Waals surface area contributed by atoms with Crippen LogP contribution >= 0.6 is 0 Å². The summed E-state index contributed by atoms with van der Waals surface area (Å²) < 4.78 is 0. The first-order valence-corrected chi connectivity index (χ1v) is 7.61. The Labute approximate surface area is 131 Å². The van der Waals surface area contributed by atoms with Gasteiger partial charge in [0.2, 0.25) is 0 Å². The first-order chi connectivity index (χ1) is 10.7. The SMILES string of the molecule is CCCCCNC(=O)c1cc(N(C)c2ccccc2)ncn1. The van der Waals surface area contributed by atoms with Gasteiger partial charge in [0.05, 0.1) is 0 Å². The lowest BCUT2D eigenvalue weighted by molar-refractivity contribution is 0.0948. The number of para-hydroxylation sites is 1. The zero-order valence-electron chi connectivity index (χ0n) is 13.1. The van der Waals surface area contributed by atoms with Crippen LogP contribution in [0.3, 0.4) is 0 Å². The molecule has 0 saturated heterocycles. The number of nitrogens with zero attached hydrogens (tertiary/aromatic N) is 3. The average molecular weight is 298 g/mol. The van der Waals surface area contributed by atoms with Crippen LogP contribution < -0.4 is 10.2 Å². The van der Waals surface area contributed by atoms with Crippen LogP contribution in [0.15, 0.2) is 42.7 Å². The van der Waals surface area contributed by atoms with Crippen molar-refractivity contribution in [3.05, 3.63) is 48.4 Å². The zero-order chi connectivity index (χ0) is 15.8. The molecule has 5 nitrogen and oxygen atoms in total. The highest BCUT2D eigenvalue weighted by Crippen LogP contribution is 2.20. The number of carbonyl (C=O) groups excluding carboxylic acids is 1. The Morgan fingerprint density at radius 3 is 2.68 bits per heavy atom. The number of unbranched alkanes of at least 4 members (excludes halogenated alkanes) is 2. The van der Waals surface area contributed by atoms with Crippen LogP contribution in [0.5, 0.6) is 0 Å². The highest BCUT2D eigenvalue weighted by molar-refractivity contribution is 5.93. The summed E-state index contributed by atoms with van der Waals surface area (Å²) in [6.07, 6.45) is 4.67. The van der Waals surface area contributed by atoms with Crippen LogP contribution in [-0.2, 0) is 0 Å². The minimum atomic E-state index is -0.152. The molecule has 2 rings (SSSR count). The average Bonchev–Trinajstić information content (AvgIpc) is 2.59. The molecule has 1 heterocycles. The fraction of sp³-hybridized carbons (Fsp3) is 0.353. The van der Waals surface area contributed by atoms with Crippen molar-refractivity contribution >= 4 is 17.4 Å². The highest BCUT2D eigenvalue weighted by atomic mass is 16.1. The number of aromatic nitrogens is 2. The molecule has 5 heteroatoms. The Hall–Kier alpha value is -2.43. The molecule has 2 aromatic rings. The van der Waals surface area contributed by atoms with E-state index in [-0.39, 0.29) is 5.91 Å². The van der Waals surface area contributed by atoms with E-state index < -0.39 is 0 Å². The summed E-state index contributed by atoms with van der Waals surface area (Å²) in [6, 6.07) is 11.6. The molecule has 0 aliphatic rings. The van der Waals surface area contributed by atoms with Crippen LogP contribution in [0.25, 0.3) is 0 Å². The van der Waals surface area contributed by atoms with Crippen molar-refractivity contribution in [3.63, 3.8) is 0 Å². The van der Waals surface area contributed by atoms with Crippen molar-refractivity contribution in [3.8, 4) is 0 Å². The van der Waals surface area contributed by atoms with Gasteiger partial charge in [0.15, 0.2) is 0 Å². The first-order valence-electron chi connectivity index (χ1n) is 7.61. The van der Waals surface area contributed by atoms with Crippen LogP contribution in [-0.4, -0.2) is 29.5 Å². The van der Waals surface area contributed by atoms with Crippen molar-refractivity contribution in [1.82, 2.24) is 15.3 Å². The number of hydrogen-bond donors (Lipinski definition) is 1. The number of benzene rings is 1. The van der Waals surface area contributed by atoms with Crippen molar-refractivity contribution in [1.29, 1.82) is 0 Å². The number of carbonyl (C=O) groups is 1. The molecule has 22 heavy (non-hydrogen) atoms. The van der Waals surface area contributed by atoms with Gasteiger partial charge in [-0.15, -0.1) is 0 Å². The minimum absolute atomic E-state index is 0.152. The summed E-state index contributed by atoms with van der Waals surface area (Å²) >= 11 is 0. The number of amides is 1. The Balaban J connectivity index is 2.05. The second-order valence-electron chi connectivity index (χ2n) is 5.12. The molecule has 1 aromatic heterocycles. The second kappa shape index (κ2) is 8.12. The molecule has 116 valence electrons. The Morgan fingerprint density at radius 1 is 1.18 bits per heavy atom. The smallest absolute Gasteiger partial charge is 0.270 e. The Morgan fingerprint density at radius 2 is 1.95 bits per heavy atom. The summed E-state index contributed by atoms with van der Waals surface area (Å²) in [4.78, 5) is 22.3. The molecule has 0 spiro atoms. The molecular formula is C17H22N4O. The molecule has 1 amide bonds. The lowest BCUT2D eigenvalue weighted by Crippen LogP contribution is -2.26. The third-order valence-electron chi connectivity index (χ3n) is 3.44. The lowest BCUT2D eigenvalue weighted by Gasteiger charge is -2.18. The first kappa shape index (κ1) is 15.9. The third-order valence-corrected chi connectivity index (χ3v) is 3.44. The third kappa shape index (κ3) is 4.28. The lowest BCUT2D eigenvalue weighted by atomic mass is 10.2. The van der Waals surface area contributed by atoms with Crippen molar-refractivity contribution in [2.45, 2.75) is 26.2 Å². The van der Waals surface area contributed by atoms with E-state index in [1.165, 1.54) is 6.33 Å². The van der Waals surface area contributed by atoms with Gasteiger partial charge in [-0.05, 0) is 18.6 Å². The van der Waals surface area contributed by atoms with Crippen molar-refractivity contribution < 1.29 is 4.79 Å². The van der Waals surface area contributed by atoms with Gasteiger partial charge in [-0.3, -0.25) is 4.79 Å². The van der Waals surface area contributed by atoms with Gasteiger partial charge in [-0.1, -0.05) is 38.0 Å². The predicted molar refractivity (Wildman–Crippen MR) is 88.4 cm³/mol. The fourth-order valence-electron chi connectivity index (χ4n) is 2.11. The maximum absolute atomic E-state index is 12.1. The van der Waals surface area contributed by atoms with Gasteiger partial charge in [-0.25, -0.2) is 9.97 Å². The highest BCUT2D eigenvalue weighted by Gasteiger charge is 2.11. The van der Waals surface area contributed by atoms with E-state index in [0.717, 1.165) is 24.9 Å². The minimum Gasteiger partial charge on any atom is -0.351 e. The molecule has 0 fully saturated rings. The zero-order valence-corrected chi connectivity index (χ0v) is 13.1. The molecule has 0 unspecified atom stereocenters. The maximum atomic E-state index is 12.1. The molecular weight excluding hydrogens is 276 g/mol. The van der Waals surface area contributed by atoms with E-state index in [1.807, 2.05) is 42.3 Å². The van der Waals surface area contributed by atoms with Crippen LogP contribution in [0, 0.1) is 0 Å². The molecule has 1 N–H and O–H groups in total. The normalized spacial score (nSPS) is 10.3. The maximum Gasteiger partial charge on any atom is 0.270 e. The molecule has 0 saturated carbocycles. The number of nitrogens with one attached hydrogen (secondary N) is 1. The predicted octanol–water partition coefficient (Wildman–Crippen LogP) is 3.16. The Kier molecular flexibility index (Phi) is 5.89. The summed E-state index contributed by atoms with van der Waals surface area (Å²) in [6.45, 7) is 2.82. The second-order valence-corrected chi connectivity index (χ2v) is 5.12. The van der Waals surface area contributed by atoms with Gasteiger partial charge in [-0.2, -0.15) is 0 Å².